The second kappa shape index (κ2) is 8.21. The smallest absolute Gasteiger partial charge is 0.267 e. The molecule has 0 atom stereocenters. The molecule has 0 spiro atoms. The maximum Gasteiger partial charge on any atom is 0.267 e. The Kier molecular flexibility index (Phi) is 5.53. The summed E-state index contributed by atoms with van der Waals surface area (Å²) in [6.45, 7) is 8.07. The van der Waals surface area contributed by atoms with E-state index in [1.54, 1.807) is 0 Å². The molecule has 5 nitrogen and oxygen atoms in total. The molecule has 0 bridgehead atoms. The van der Waals surface area contributed by atoms with E-state index in [-0.39, 0.29) is 5.91 Å². The number of carbonyl (C=O) groups is 1. The molecule has 0 radical (unpaired) electrons. The van der Waals surface area contributed by atoms with Crippen molar-refractivity contribution in [2.45, 2.75) is 19.8 Å². The lowest BCUT2D eigenvalue weighted by molar-refractivity contribution is 0.0748. The number of benzene rings is 1. The predicted molar refractivity (Wildman–Crippen MR) is 111 cm³/mol. The number of hydrogen-bond acceptors (Lipinski definition) is 5. The minimum atomic E-state index is 0.0962. The standard InChI is InChI=1S/C21H27N3O2S/c1-2-26-19-8-15-27-20(19)21(25)24-13-11-23(12-14-24)18-7-5-6-17(16-18)22-9-3-4-10-22/h5-8,15-16H,2-4,9-14H2,1H3. The van der Waals surface area contributed by atoms with Gasteiger partial charge in [0.15, 0.2) is 0 Å². The number of ether oxygens (including phenoxy) is 1. The minimum Gasteiger partial charge on any atom is -0.492 e. The largest absolute Gasteiger partial charge is 0.492 e. The molecule has 1 amide bonds. The van der Waals surface area contributed by atoms with Crippen LogP contribution in [-0.2, 0) is 0 Å². The van der Waals surface area contributed by atoms with Gasteiger partial charge >= 0.3 is 0 Å². The van der Waals surface area contributed by atoms with E-state index in [9.17, 15) is 4.79 Å². The molecule has 1 aromatic heterocycles. The summed E-state index contributed by atoms with van der Waals surface area (Å²) < 4.78 is 5.59. The molecule has 2 aliphatic rings. The maximum atomic E-state index is 12.9. The van der Waals surface area contributed by atoms with Crippen LogP contribution in [0, 0.1) is 0 Å². The molecule has 0 N–H and O–H groups in total. The fourth-order valence-electron chi connectivity index (χ4n) is 3.90. The van der Waals surface area contributed by atoms with Crippen LogP contribution in [0.2, 0.25) is 0 Å². The quantitative estimate of drug-likeness (QED) is 0.786. The predicted octanol–water partition coefficient (Wildman–Crippen LogP) is 3.71. The second-order valence-electron chi connectivity index (χ2n) is 7.04. The fraction of sp³-hybridized carbons (Fsp3) is 0.476. The van der Waals surface area contributed by atoms with Gasteiger partial charge in [-0.25, -0.2) is 0 Å². The molecule has 2 aliphatic heterocycles. The average molecular weight is 386 g/mol. The van der Waals surface area contributed by atoms with E-state index in [2.05, 4.69) is 34.1 Å². The zero-order chi connectivity index (χ0) is 18.6. The summed E-state index contributed by atoms with van der Waals surface area (Å²) in [7, 11) is 0. The van der Waals surface area contributed by atoms with Crippen LogP contribution in [0.3, 0.4) is 0 Å². The van der Waals surface area contributed by atoms with Crippen molar-refractivity contribution < 1.29 is 9.53 Å². The monoisotopic (exact) mass is 385 g/mol. The van der Waals surface area contributed by atoms with E-state index in [0.717, 1.165) is 44.1 Å². The average Bonchev–Trinajstić information content (AvgIpc) is 3.40. The Labute approximate surface area is 165 Å². The lowest BCUT2D eigenvalue weighted by Gasteiger charge is -2.36. The maximum absolute atomic E-state index is 12.9. The van der Waals surface area contributed by atoms with Gasteiger partial charge in [0.1, 0.15) is 10.6 Å². The van der Waals surface area contributed by atoms with Crippen LogP contribution in [0.25, 0.3) is 0 Å². The molecular formula is C21H27N3O2S. The highest BCUT2D eigenvalue weighted by Gasteiger charge is 2.25. The Hall–Kier alpha value is -2.21. The van der Waals surface area contributed by atoms with E-state index in [4.69, 9.17) is 4.74 Å². The van der Waals surface area contributed by atoms with Crippen LogP contribution in [0.5, 0.6) is 5.75 Å². The fourth-order valence-corrected chi connectivity index (χ4v) is 4.70. The molecule has 4 rings (SSSR count). The van der Waals surface area contributed by atoms with Gasteiger partial charge in [-0.2, -0.15) is 0 Å². The van der Waals surface area contributed by atoms with Gasteiger partial charge in [-0.1, -0.05) is 6.07 Å². The third-order valence-electron chi connectivity index (χ3n) is 5.36. The van der Waals surface area contributed by atoms with Crippen molar-refractivity contribution in [1.82, 2.24) is 4.90 Å². The van der Waals surface area contributed by atoms with Crippen LogP contribution in [0.1, 0.15) is 29.4 Å². The van der Waals surface area contributed by atoms with Crippen LogP contribution in [0.15, 0.2) is 35.7 Å². The van der Waals surface area contributed by atoms with Gasteiger partial charge in [0, 0.05) is 50.6 Å². The molecule has 144 valence electrons. The number of anilines is 2. The first kappa shape index (κ1) is 18.2. The van der Waals surface area contributed by atoms with Gasteiger partial charge in [0.25, 0.3) is 5.91 Å². The summed E-state index contributed by atoms with van der Waals surface area (Å²) in [5.41, 5.74) is 2.58. The van der Waals surface area contributed by atoms with Crippen molar-refractivity contribution >= 4 is 28.6 Å². The van der Waals surface area contributed by atoms with Gasteiger partial charge in [-0.15, -0.1) is 11.3 Å². The van der Waals surface area contributed by atoms with Crippen molar-refractivity contribution in [3.8, 4) is 5.75 Å². The van der Waals surface area contributed by atoms with Gasteiger partial charge in [-0.3, -0.25) is 4.79 Å². The van der Waals surface area contributed by atoms with Crippen molar-refractivity contribution in [3.05, 3.63) is 40.6 Å². The molecule has 6 heteroatoms. The first-order valence-electron chi connectivity index (χ1n) is 9.86. The minimum absolute atomic E-state index is 0.0962. The molecule has 0 aliphatic carbocycles. The highest BCUT2D eigenvalue weighted by Crippen LogP contribution is 2.29. The Bertz CT molecular complexity index is 777. The number of rotatable bonds is 5. The molecule has 0 saturated carbocycles. The molecule has 2 saturated heterocycles. The van der Waals surface area contributed by atoms with Crippen molar-refractivity contribution in [1.29, 1.82) is 0 Å². The van der Waals surface area contributed by atoms with E-state index in [1.165, 1.54) is 35.6 Å². The third-order valence-corrected chi connectivity index (χ3v) is 6.24. The molecule has 1 aromatic carbocycles. The summed E-state index contributed by atoms with van der Waals surface area (Å²) in [6.07, 6.45) is 2.58. The molecule has 2 fully saturated rings. The van der Waals surface area contributed by atoms with E-state index in [0.29, 0.717) is 12.4 Å². The molecule has 0 unspecified atom stereocenters. The summed E-state index contributed by atoms with van der Waals surface area (Å²) >= 11 is 1.47. The Morgan fingerprint density at radius 2 is 1.67 bits per heavy atom. The topological polar surface area (TPSA) is 36.0 Å². The summed E-state index contributed by atoms with van der Waals surface area (Å²) in [5, 5.41) is 1.93. The van der Waals surface area contributed by atoms with Crippen LogP contribution >= 0.6 is 11.3 Å². The lowest BCUT2D eigenvalue weighted by atomic mass is 10.2. The second-order valence-corrected chi connectivity index (χ2v) is 7.96. The van der Waals surface area contributed by atoms with Gasteiger partial charge in [-0.05, 0) is 49.4 Å². The number of hydrogen-bond donors (Lipinski definition) is 0. The van der Waals surface area contributed by atoms with Crippen LogP contribution < -0.4 is 14.5 Å². The van der Waals surface area contributed by atoms with E-state index in [1.807, 2.05) is 23.3 Å². The summed E-state index contributed by atoms with van der Waals surface area (Å²) in [4.78, 5) is 20.4. The van der Waals surface area contributed by atoms with Gasteiger partial charge in [0.2, 0.25) is 0 Å². The Morgan fingerprint density at radius 3 is 2.33 bits per heavy atom. The van der Waals surface area contributed by atoms with Gasteiger partial charge < -0.3 is 19.4 Å². The molecule has 27 heavy (non-hydrogen) atoms. The number of carbonyl (C=O) groups excluding carboxylic acids is 1. The normalized spacial score (nSPS) is 17.4. The zero-order valence-corrected chi connectivity index (χ0v) is 16.7. The van der Waals surface area contributed by atoms with Crippen molar-refractivity contribution in [3.63, 3.8) is 0 Å². The Morgan fingerprint density at radius 1 is 1.00 bits per heavy atom. The van der Waals surface area contributed by atoms with E-state index < -0.39 is 0 Å². The number of nitrogens with zero attached hydrogens (tertiary/aromatic N) is 3. The third kappa shape index (κ3) is 3.90. The highest BCUT2D eigenvalue weighted by atomic mass is 32.1. The SMILES string of the molecule is CCOc1ccsc1C(=O)N1CCN(c2cccc(N3CCCC3)c2)CC1. The zero-order valence-electron chi connectivity index (χ0n) is 15.9. The highest BCUT2D eigenvalue weighted by molar-refractivity contribution is 7.12. The summed E-state index contributed by atoms with van der Waals surface area (Å²) in [6, 6.07) is 10.7. The number of piperazine rings is 1. The molecular weight excluding hydrogens is 358 g/mol. The van der Waals surface area contributed by atoms with Crippen molar-refractivity contribution in [2.75, 3.05) is 55.7 Å². The van der Waals surface area contributed by atoms with Crippen LogP contribution in [0.4, 0.5) is 11.4 Å². The molecule has 2 aromatic rings. The Balaban J connectivity index is 1.39. The first-order chi connectivity index (χ1) is 13.3. The van der Waals surface area contributed by atoms with Crippen LogP contribution in [-0.4, -0.2) is 56.7 Å². The first-order valence-corrected chi connectivity index (χ1v) is 10.7. The number of amides is 1. The number of thiophene rings is 1. The van der Waals surface area contributed by atoms with Gasteiger partial charge in [0.05, 0.1) is 6.61 Å². The summed E-state index contributed by atoms with van der Waals surface area (Å²) in [5.74, 6) is 0.812. The lowest BCUT2D eigenvalue weighted by Crippen LogP contribution is -2.48. The van der Waals surface area contributed by atoms with E-state index >= 15 is 0 Å². The molecule has 3 heterocycles. The van der Waals surface area contributed by atoms with Crippen molar-refractivity contribution in [2.24, 2.45) is 0 Å².